The first kappa shape index (κ1) is 15.1. The van der Waals surface area contributed by atoms with Crippen LogP contribution in [-0.2, 0) is 4.74 Å². The Bertz CT molecular complexity index is 448. The molecule has 1 heterocycles. The molecule has 1 aromatic rings. The van der Waals surface area contributed by atoms with Crippen LogP contribution in [0.2, 0.25) is 0 Å². The van der Waals surface area contributed by atoms with Crippen LogP contribution in [0.3, 0.4) is 0 Å². The normalized spacial score (nSPS) is 24.6. The first-order valence-electron chi connectivity index (χ1n) is 7.28. The van der Waals surface area contributed by atoms with Crippen molar-refractivity contribution in [3.63, 3.8) is 0 Å². The molecule has 2 unspecified atom stereocenters. The summed E-state index contributed by atoms with van der Waals surface area (Å²) in [6.45, 7) is 6.20. The summed E-state index contributed by atoms with van der Waals surface area (Å²) >= 11 is 0. The lowest BCUT2D eigenvalue weighted by molar-refractivity contribution is 0.0498. The van der Waals surface area contributed by atoms with Crippen molar-refractivity contribution in [1.29, 1.82) is 0 Å². The van der Waals surface area contributed by atoms with Crippen LogP contribution in [0.5, 0.6) is 5.75 Å². The van der Waals surface area contributed by atoms with Gasteiger partial charge in [-0.1, -0.05) is 13.0 Å². The quantitative estimate of drug-likeness (QED) is 0.919. The second-order valence-corrected chi connectivity index (χ2v) is 5.67. The predicted molar refractivity (Wildman–Crippen MR) is 82.4 cm³/mol. The highest BCUT2D eigenvalue weighted by atomic mass is 16.5. The highest BCUT2D eigenvalue weighted by molar-refractivity contribution is 5.61. The Labute approximate surface area is 121 Å². The molecule has 0 bridgehead atoms. The maximum atomic E-state index is 6.15. The van der Waals surface area contributed by atoms with Crippen LogP contribution < -0.4 is 15.4 Å². The number of nitrogens with two attached hydrogens (primary N) is 1. The van der Waals surface area contributed by atoms with Gasteiger partial charge in [0.25, 0.3) is 0 Å². The molecule has 0 amide bonds. The van der Waals surface area contributed by atoms with E-state index in [9.17, 15) is 0 Å². The van der Waals surface area contributed by atoms with E-state index in [-0.39, 0.29) is 12.1 Å². The van der Waals surface area contributed by atoms with Gasteiger partial charge in [-0.15, -0.1) is 0 Å². The summed E-state index contributed by atoms with van der Waals surface area (Å²) in [5, 5.41) is 0. The van der Waals surface area contributed by atoms with Crippen LogP contribution >= 0.6 is 0 Å². The molecule has 1 aromatic carbocycles. The van der Waals surface area contributed by atoms with E-state index in [0.717, 1.165) is 30.8 Å². The summed E-state index contributed by atoms with van der Waals surface area (Å²) in [6, 6.07) is 6.08. The third kappa shape index (κ3) is 2.91. The minimum atomic E-state index is -0.0542. The maximum absolute atomic E-state index is 6.15. The standard InChI is InChI=1S/C16H26N2O2/c1-11-8-9-18(10-15(11)20-4)13-6-5-7-14(19-3)16(13)12(2)17/h5-7,11-12,15H,8-10,17H2,1-4H3/t11?,12-,15?/m0/s1. The van der Waals surface area contributed by atoms with Gasteiger partial charge in [0.1, 0.15) is 5.75 Å². The molecule has 1 aliphatic heterocycles. The van der Waals surface area contributed by atoms with Crippen molar-refractivity contribution in [1.82, 2.24) is 0 Å². The average molecular weight is 278 g/mol. The van der Waals surface area contributed by atoms with Crippen molar-refractivity contribution >= 4 is 5.69 Å². The second kappa shape index (κ2) is 6.46. The molecule has 1 saturated heterocycles. The fourth-order valence-corrected chi connectivity index (χ4v) is 3.00. The first-order chi connectivity index (χ1) is 9.58. The topological polar surface area (TPSA) is 47.7 Å². The second-order valence-electron chi connectivity index (χ2n) is 5.67. The van der Waals surface area contributed by atoms with Crippen LogP contribution in [0.1, 0.15) is 31.9 Å². The Hall–Kier alpha value is -1.26. The van der Waals surface area contributed by atoms with Gasteiger partial charge in [-0.2, -0.15) is 0 Å². The van der Waals surface area contributed by atoms with Crippen LogP contribution in [0.15, 0.2) is 18.2 Å². The maximum Gasteiger partial charge on any atom is 0.125 e. The number of benzene rings is 1. The Balaban J connectivity index is 2.32. The Kier molecular flexibility index (Phi) is 4.89. The van der Waals surface area contributed by atoms with Gasteiger partial charge < -0.3 is 20.1 Å². The third-order valence-corrected chi connectivity index (χ3v) is 4.25. The highest BCUT2D eigenvalue weighted by Crippen LogP contribution is 2.35. The molecule has 20 heavy (non-hydrogen) atoms. The van der Waals surface area contributed by atoms with Gasteiger partial charge >= 0.3 is 0 Å². The van der Waals surface area contributed by atoms with E-state index in [2.05, 4.69) is 17.9 Å². The summed E-state index contributed by atoms with van der Waals surface area (Å²) in [5.41, 5.74) is 8.41. The monoisotopic (exact) mass is 278 g/mol. The molecule has 2 rings (SSSR count). The molecule has 4 heteroatoms. The van der Waals surface area contributed by atoms with Crippen molar-refractivity contribution < 1.29 is 9.47 Å². The third-order valence-electron chi connectivity index (χ3n) is 4.25. The SMILES string of the molecule is COc1cccc(N2CCC(C)C(OC)C2)c1[C@H](C)N. The number of rotatable bonds is 4. The summed E-state index contributed by atoms with van der Waals surface area (Å²) < 4.78 is 11.1. The van der Waals surface area contributed by atoms with Crippen molar-refractivity contribution in [2.75, 3.05) is 32.2 Å². The van der Waals surface area contributed by atoms with E-state index in [1.165, 1.54) is 5.69 Å². The zero-order chi connectivity index (χ0) is 14.7. The van der Waals surface area contributed by atoms with Gasteiger partial charge in [0.2, 0.25) is 0 Å². The fourth-order valence-electron chi connectivity index (χ4n) is 3.00. The molecule has 0 radical (unpaired) electrons. The number of nitrogens with zero attached hydrogens (tertiary/aromatic N) is 1. The summed E-state index contributed by atoms with van der Waals surface area (Å²) in [7, 11) is 3.49. The van der Waals surface area contributed by atoms with Gasteiger partial charge in [-0.05, 0) is 31.4 Å². The minimum Gasteiger partial charge on any atom is -0.496 e. The van der Waals surface area contributed by atoms with Crippen molar-refractivity contribution in [2.24, 2.45) is 11.7 Å². The summed E-state index contributed by atoms with van der Waals surface area (Å²) in [4.78, 5) is 2.37. The van der Waals surface area contributed by atoms with Crippen molar-refractivity contribution in [2.45, 2.75) is 32.4 Å². The fraction of sp³-hybridized carbons (Fsp3) is 0.625. The molecule has 2 N–H and O–H groups in total. The van der Waals surface area contributed by atoms with Gasteiger partial charge in [-0.3, -0.25) is 0 Å². The van der Waals surface area contributed by atoms with Gasteiger partial charge in [0.05, 0.1) is 13.2 Å². The smallest absolute Gasteiger partial charge is 0.125 e. The molecule has 0 aliphatic carbocycles. The molecule has 1 fully saturated rings. The largest absolute Gasteiger partial charge is 0.496 e. The molecule has 4 nitrogen and oxygen atoms in total. The lowest BCUT2D eigenvalue weighted by Gasteiger charge is -2.39. The molecule has 1 aliphatic rings. The molecule has 3 atom stereocenters. The van der Waals surface area contributed by atoms with Gasteiger partial charge in [0.15, 0.2) is 0 Å². The zero-order valence-electron chi connectivity index (χ0n) is 12.9. The Morgan fingerprint density at radius 1 is 1.35 bits per heavy atom. The highest BCUT2D eigenvalue weighted by Gasteiger charge is 2.28. The number of piperidine rings is 1. The molecule has 112 valence electrons. The Morgan fingerprint density at radius 3 is 2.70 bits per heavy atom. The van der Waals surface area contributed by atoms with E-state index in [4.69, 9.17) is 15.2 Å². The summed E-state index contributed by atoms with van der Waals surface area (Å²) in [5.74, 6) is 1.46. The van der Waals surface area contributed by atoms with E-state index in [1.807, 2.05) is 19.1 Å². The number of methoxy groups -OCH3 is 2. The van der Waals surface area contributed by atoms with Crippen molar-refractivity contribution in [3.8, 4) is 5.75 Å². The number of hydrogen-bond donors (Lipinski definition) is 1. The molecule has 0 saturated carbocycles. The number of hydrogen-bond acceptors (Lipinski definition) is 4. The van der Waals surface area contributed by atoms with E-state index in [1.54, 1.807) is 14.2 Å². The van der Waals surface area contributed by atoms with Crippen molar-refractivity contribution in [3.05, 3.63) is 23.8 Å². The molecular formula is C16H26N2O2. The predicted octanol–water partition coefficient (Wildman–Crippen LogP) is 2.58. The number of ether oxygens (including phenoxy) is 2. The number of anilines is 1. The first-order valence-corrected chi connectivity index (χ1v) is 7.28. The van der Waals surface area contributed by atoms with Crippen LogP contribution in [0.25, 0.3) is 0 Å². The lowest BCUT2D eigenvalue weighted by Crippen LogP contribution is -2.44. The minimum absolute atomic E-state index is 0.0542. The van der Waals surface area contributed by atoms with E-state index in [0.29, 0.717) is 5.92 Å². The van der Waals surface area contributed by atoms with Crippen LogP contribution in [0, 0.1) is 5.92 Å². The molecular weight excluding hydrogens is 252 g/mol. The summed E-state index contributed by atoms with van der Waals surface area (Å²) in [6.07, 6.45) is 1.41. The van der Waals surface area contributed by atoms with Crippen LogP contribution in [0.4, 0.5) is 5.69 Å². The zero-order valence-corrected chi connectivity index (χ0v) is 12.9. The van der Waals surface area contributed by atoms with E-state index < -0.39 is 0 Å². The van der Waals surface area contributed by atoms with Gasteiger partial charge in [-0.25, -0.2) is 0 Å². The average Bonchev–Trinajstić information content (AvgIpc) is 2.46. The molecule has 0 spiro atoms. The lowest BCUT2D eigenvalue weighted by atomic mass is 9.94. The van der Waals surface area contributed by atoms with Crippen LogP contribution in [-0.4, -0.2) is 33.4 Å². The van der Waals surface area contributed by atoms with E-state index >= 15 is 0 Å². The molecule has 0 aromatic heterocycles. The van der Waals surface area contributed by atoms with Gasteiger partial charge in [0, 0.05) is 37.5 Å². The Morgan fingerprint density at radius 2 is 2.10 bits per heavy atom.